The van der Waals surface area contributed by atoms with Gasteiger partial charge < -0.3 is 39.9 Å². The lowest BCUT2D eigenvalue weighted by molar-refractivity contribution is -0.161. The highest BCUT2D eigenvalue weighted by Gasteiger charge is 2.46. The molecule has 1 aliphatic heterocycles. The third kappa shape index (κ3) is 28.1. The molecule has 1 fully saturated rings. The van der Waals surface area contributed by atoms with E-state index in [1.165, 1.54) is 89.3 Å². The predicted molar refractivity (Wildman–Crippen MR) is 252 cm³/mol. The van der Waals surface area contributed by atoms with Crippen molar-refractivity contribution >= 4 is 33.4 Å². The fraction of sp³-hybridized carbons (Fsp3) is 0.826. The maximum atomic E-state index is 12.8. The van der Waals surface area contributed by atoms with E-state index >= 15 is 0 Å². The Morgan fingerprint density at radius 1 is 0.712 bits per heavy atom. The molecule has 382 valence electrons. The van der Waals surface area contributed by atoms with Crippen LogP contribution in [0.2, 0.25) is 0 Å². The minimum atomic E-state index is -5.42. The number of phosphoric acid groups is 2. The number of rotatable bonds is 41. The molecule has 0 bridgehead atoms. The van der Waals surface area contributed by atoms with Crippen molar-refractivity contribution in [2.24, 2.45) is 0 Å². The summed E-state index contributed by atoms with van der Waals surface area (Å²) in [5, 5.41) is 20.9. The second-order valence-corrected chi connectivity index (χ2v) is 20.4. The minimum absolute atomic E-state index is 0.0492. The summed E-state index contributed by atoms with van der Waals surface area (Å²) in [5.41, 5.74) is 4.59. The normalized spacial score (nSPS) is 19.7. The van der Waals surface area contributed by atoms with Crippen molar-refractivity contribution in [3.8, 4) is 0 Å². The zero-order chi connectivity index (χ0) is 48.5. The van der Waals surface area contributed by atoms with Crippen LogP contribution in [0.4, 0.5) is 5.82 Å². The zero-order valence-corrected chi connectivity index (χ0v) is 41.6. The third-order valence-electron chi connectivity index (χ3n) is 11.4. The van der Waals surface area contributed by atoms with Crippen LogP contribution in [0.15, 0.2) is 29.2 Å². The molecule has 2 rings (SSSR count). The lowest BCUT2D eigenvalue weighted by atomic mass is 10.0. The molecule has 6 N–H and O–H groups in total. The van der Waals surface area contributed by atoms with Gasteiger partial charge in [0.2, 0.25) is 0 Å². The first kappa shape index (κ1) is 59.6. The van der Waals surface area contributed by atoms with Crippen molar-refractivity contribution < 1.29 is 66.3 Å². The molecule has 18 nitrogen and oxygen atoms in total. The molecule has 0 spiro atoms. The number of phosphoric ester groups is 2. The Morgan fingerprint density at radius 2 is 1.18 bits per heavy atom. The summed E-state index contributed by atoms with van der Waals surface area (Å²) in [6, 6.07) is 1.25. The molecular formula is C46H83N3O15P2. The smallest absolute Gasteiger partial charge is 0.462 e. The first-order chi connectivity index (χ1) is 31.7. The van der Waals surface area contributed by atoms with Crippen LogP contribution in [0.3, 0.4) is 0 Å². The summed E-state index contributed by atoms with van der Waals surface area (Å²) in [6.07, 6.45) is 27.2. The number of unbranched alkanes of at least 4 members (excludes halogenated alkanes) is 23. The molecule has 20 heteroatoms. The van der Waals surface area contributed by atoms with Gasteiger partial charge >= 0.3 is 33.3 Å². The molecule has 1 saturated heterocycles. The van der Waals surface area contributed by atoms with E-state index in [2.05, 4.69) is 35.3 Å². The van der Waals surface area contributed by atoms with Gasteiger partial charge in [0.05, 0.1) is 13.2 Å². The number of nitrogens with zero attached hydrogens (tertiary/aromatic N) is 2. The molecule has 1 aliphatic rings. The van der Waals surface area contributed by atoms with Crippen LogP contribution in [0.1, 0.15) is 200 Å². The molecule has 1 aromatic rings. The number of allylic oxidation sites excluding steroid dienone is 2. The molecule has 1 aromatic heterocycles. The Balaban J connectivity index is 1.81. The molecule has 0 aliphatic carbocycles. The summed E-state index contributed by atoms with van der Waals surface area (Å²) in [6.45, 7) is 2.15. The molecule has 0 saturated carbocycles. The fourth-order valence-corrected chi connectivity index (χ4v) is 9.60. The standard InChI is InChI=1S/C46H83N3O15P2/c1-3-5-7-9-11-13-15-17-18-20-22-24-26-28-30-32-42(51)62-38(35-59-41(50)31-29-27-25-23-21-19-16-14-12-10-8-6-4-2)36-60-65(55,56)64-66(57,58)61-37-39-43(52)44(53)45(63-39)49-34-33-40(47)48-46(49)54/h13,15,33-34,38-39,43-45,52-53H,3-12,14,16-32,35-37H2,1-2H3,(H,55,56)(H,57,58)(H2,47,48,54)/b15-13-/t38-,39-,43?,44+,45-/m1/s1. The second-order valence-electron chi connectivity index (χ2n) is 17.3. The Kier molecular flexibility index (Phi) is 32.2. The van der Waals surface area contributed by atoms with Crippen LogP contribution in [-0.4, -0.2) is 85.7 Å². The number of hydrogen-bond acceptors (Lipinski definition) is 15. The van der Waals surface area contributed by atoms with Crippen molar-refractivity contribution in [3.63, 3.8) is 0 Å². The first-order valence-electron chi connectivity index (χ1n) is 24.7. The minimum Gasteiger partial charge on any atom is -0.462 e. The van der Waals surface area contributed by atoms with Crippen LogP contribution in [0.5, 0.6) is 0 Å². The first-order valence-corrected chi connectivity index (χ1v) is 27.7. The number of esters is 2. The second kappa shape index (κ2) is 35.6. The van der Waals surface area contributed by atoms with E-state index < -0.39 is 83.7 Å². The number of carbonyl (C=O) groups excluding carboxylic acids is 2. The van der Waals surface area contributed by atoms with E-state index in [1.807, 2.05) is 0 Å². The van der Waals surface area contributed by atoms with E-state index in [0.29, 0.717) is 12.8 Å². The molecule has 0 aromatic carbocycles. The third-order valence-corrected chi connectivity index (χ3v) is 14.0. The van der Waals surface area contributed by atoms with Gasteiger partial charge in [-0.15, -0.1) is 0 Å². The molecule has 0 amide bonds. The van der Waals surface area contributed by atoms with Crippen molar-refractivity contribution in [1.82, 2.24) is 9.55 Å². The number of ether oxygens (including phenoxy) is 3. The topological polar surface area (TPSA) is 265 Å². The van der Waals surface area contributed by atoms with Gasteiger partial charge in [-0.3, -0.25) is 23.2 Å². The van der Waals surface area contributed by atoms with Crippen molar-refractivity contribution in [2.75, 3.05) is 25.6 Å². The number of anilines is 1. The molecule has 3 unspecified atom stereocenters. The SMILES string of the molecule is CCCCCC/C=C\CCCCCCCCCC(=O)O[C@H](COC(=O)CCCCCCCCCCCCCCC)COP(=O)(O)OP(=O)(O)OC[C@H]1O[C@@H](n2ccc(N)nc2=O)[C@@H](O)C1O. The van der Waals surface area contributed by atoms with Crippen LogP contribution < -0.4 is 11.4 Å². The maximum Gasteiger partial charge on any atom is 0.481 e. The van der Waals surface area contributed by atoms with Crippen LogP contribution >= 0.6 is 15.6 Å². The predicted octanol–water partition coefficient (Wildman–Crippen LogP) is 9.67. The average molecular weight is 980 g/mol. The number of nitrogens with two attached hydrogens (primary N) is 1. The van der Waals surface area contributed by atoms with Crippen molar-refractivity contribution in [3.05, 3.63) is 34.9 Å². The number of carbonyl (C=O) groups is 2. The highest BCUT2D eigenvalue weighted by molar-refractivity contribution is 7.61. The number of aliphatic hydroxyl groups is 2. The molecule has 2 heterocycles. The fourth-order valence-electron chi connectivity index (χ4n) is 7.48. The zero-order valence-electron chi connectivity index (χ0n) is 39.8. The number of aliphatic hydroxyl groups excluding tert-OH is 2. The summed E-state index contributed by atoms with van der Waals surface area (Å²) in [7, 11) is -10.8. The number of aromatic nitrogens is 2. The quantitative estimate of drug-likeness (QED) is 0.0177. The average Bonchev–Trinajstić information content (AvgIpc) is 3.55. The van der Waals surface area contributed by atoms with Gasteiger partial charge in [-0.2, -0.15) is 9.29 Å². The summed E-state index contributed by atoms with van der Waals surface area (Å²) >= 11 is 0. The summed E-state index contributed by atoms with van der Waals surface area (Å²) < 4.78 is 56.7. The Hall–Kier alpha value is -2.50. The van der Waals surface area contributed by atoms with Crippen LogP contribution in [0.25, 0.3) is 0 Å². The van der Waals surface area contributed by atoms with E-state index in [0.717, 1.165) is 81.6 Å². The van der Waals surface area contributed by atoms with E-state index in [4.69, 9.17) is 29.0 Å². The highest BCUT2D eigenvalue weighted by atomic mass is 31.3. The largest absolute Gasteiger partial charge is 0.481 e. The van der Waals surface area contributed by atoms with Gasteiger partial charge in [0.1, 0.15) is 30.7 Å². The lowest BCUT2D eigenvalue weighted by Crippen LogP contribution is -2.36. The molecule has 0 radical (unpaired) electrons. The van der Waals surface area contributed by atoms with Gasteiger partial charge in [0.15, 0.2) is 12.3 Å². The van der Waals surface area contributed by atoms with Crippen LogP contribution in [-0.2, 0) is 46.3 Å². The van der Waals surface area contributed by atoms with Gasteiger partial charge in [-0.05, 0) is 44.6 Å². The molecule has 66 heavy (non-hydrogen) atoms. The van der Waals surface area contributed by atoms with Gasteiger partial charge in [-0.25, -0.2) is 13.9 Å². The van der Waals surface area contributed by atoms with Crippen molar-refractivity contribution in [2.45, 2.75) is 224 Å². The van der Waals surface area contributed by atoms with Gasteiger partial charge in [-0.1, -0.05) is 154 Å². The molecular weight excluding hydrogens is 896 g/mol. The lowest BCUT2D eigenvalue weighted by Gasteiger charge is -2.21. The van der Waals surface area contributed by atoms with E-state index in [9.17, 15) is 43.5 Å². The monoisotopic (exact) mass is 980 g/mol. The number of nitrogen functional groups attached to an aromatic ring is 1. The molecule has 7 atom stereocenters. The van der Waals surface area contributed by atoms with E-state index in [1.54, 1.807) is 0 Å². The van der Waals surface area contributed by atoms with Crippen molar-refractivity contribution in [1.29, 1.82) is 0 Å². The summed E-state index contributed by atoms with van der Waals surface area (Å²) in [4.78, 5) is 61.8. The van der Waals surface area contributed by atoms with Gasteiger partial charge in [0, 0.05) is 19.0 Å². The van der Waals surface area contributed by atoms with E-state index in [-0.39, 0.29) is 18.7 Å². The maximum absolute atomic E-state index is 12.8. The van der Waals surface area contributed by atoms with Gasteiger partial charge in [0.25, 0.3) is 0 Å². The Morgan fingerprint density at radius 3 is 1.71 bits per heavy atom. The van der Waals surface area contributed by atoms with Crippen LogP contribution in [0, 0.1) is 0 Å². The summed E-state index contributed by atoms with van der Waals surface area (Å²) in [5.74, 6) is -1.29. The Labute approximate surface area is 392 Å². The Bertz CT molecular complexity index is 1650. The number of hydrogen-bond donors (Lipinski definition) is 5. The highest BCUT2D eigenvalue weighted by Crippen LogP contribution is 2.60.